The number of halogens is 1. The van der Waals surface area contributed by atoms with Gasteiger partial charge in [0.1, 0.15) is 5.75 Å². The maximum atomic E-state index is 5.35. The maximum Gasteiger partial charge on any atom is 0.191 e. The molecule has 2 fully saturated rings. The second kappa shape index (κ2) is 14.3. The Morgan fingerprint density at radius 2 is 1.55 bits per heavy atom. The largest absolute Gasteiger partial charge is 0.497 e. The molecule has 0 spiro atoms. The molecule has 7 nitrogen and oxygen atoms in total. The van der Waals surface area contributed by atoms with Gasteiger partial charge in [-0.15, -0.1) is 24.0 Å². The maximum absolute atomic E-state index is 5.35. The first-order chi connectivity index (χ1) is 15.5. The standard InChI is InChI=1S/C25H44N6O.HI/c1-20(2)23(31-16-14-29(4)15-17-31)18-27-25(26-3)28-19-24(30-12-6-7-13-30)21-8-10-22(32-5)11-9-21;/h8-11,20,23-24H,6-7,12-19H2,1-5H3,(H2,26,27,28);1H. The molecule has 2 saturated heterocycles. The molecule has 0 bridgehead atoms. The third-order valence-corrected chi connectivity index (χ3v) is 7.02. The van der Waals surface area contributed by atoms with Gasteiger partial charge in [-0.05, 0) is 56.6 Å². The molecule has 0 saturated carbocycles. The molecule has 2 N–H and O–H groups in total. The van der Waals surface area contributed by atoms with Crippen LogP contribution >= 0.6 is 24.0 Å². The highest BCUT2D eigenvalue weighted by Gasteiger charge is 2.26. The van der Waals surface area contributed by atoms with Crippen LogP contribution in [-0.2, 0) is 0 Å². The molecule has 2 aliphatic rings. The first kappa shape index (κ1) is 28.1. The van der Waals surface area contributed by atoms with Crippen molar-refractivity contribution >= 4 is 29.9 Å². The number of methoxy groups -OCH3 is 1. The zero-order valence-electron chi connectivity index (χ0n) is 21.2. The van der Waals surface area contributed by atoms with Crippen LogP contribution in [0.25, 0.3) is 0 Å². The van der Waals surface area contributed by atoms with Crippen molar-refractivity contribution in [2.24, 2.45) is 10.9 Å². The summed E-state index contributed by atoms with van der Waals surface area (Å²) >= 11 is 0. The van der Waals surface area contributed by atoms with Crippen molar-refractivity contribution < 1.29 is 4.74 Å². The van der Waals surface area contributed by atoms with Gasteiger partial charge in [0.2, 0.25) is 0 Å². The quantitative estimate of drug-likeness (QED) is 0.270. The zero-order chi connectivity index (χ0) is 22.9. The number of piperazine rings is 1. The van der Waals surface area contributed by atoms with Crippen LogP contribution < -0.4 is 15.4 Å². The van der Waals surface area contributed by atoms with Crippen LogP contribution in [0.5, 0.6) is 5.75 Å². The average Bonchev–Trinajstić information content (AvgIpc) is 3.34. The van der Waals surface area contributed by atoms with Gasteiger partial charge in [0, 0.05) is 52.4 Å². The SMILES string of the molecule is CN=C(NCC(c1ccc(OC)cc1)N1CCCC1)NCC(C(C)C)N1CCN(C)CC1.I. The van der Waals surface area contributed by atoms with Crippen LogP contribution in [0.3, 0.4) is 0 Å². The summed E-state index contributed by atoms with van der Waals surface area (Å²) in [5, 5.41) is 7.24. The van der Waals surface area contributed by atoms with Crippen molar-refractivity contribution in [2.75, 3.05) is 73.6 Å². The first-order valence-electron chi connectivity index (χ1n) is 12.3. The van der Waals surface area contributed by atoms with Crippen LogP contribution in [0.2, 0.25) is 0 Å². The van der Waals surface area contributed by atoms with E-state index in [9.17, 15) is 0 Å². The smallest absolute Gasteiger partial charge is 0.191 e. The molecule has 0 amide bonds. The van der Waals surface area contributed by atoms with Crippen molar-refractivity contribution in [1.29, 1.82) is 0 Å². The predicted molar refractivity (Wildman–Crippen MR) is 149 cm³/mol. The number of likely N-dealkylation sites (N-methyl/N-ethyl adjacent to an activating group) is 1. The van der Waals surface area contributed by atoms with Crippen molar-refractivity contribution in [3.63, 3.8) is 0 Å². The molecule has 2 aliphatic heterocycles. The van der Waals surface area contributed by atoms with Crippen LogP contribution in [-0.4, -0.2) is 100 Å². The molecule has 2 unspecified atom stereocenters. The number of rotatable bonds is 9. The lowest BCUT2D eigenvalue weighted by molar-refractivity contribution is 0.0899. The average molecular weight is 573 g/mol. The van der Waals surface area contributed by atoms with Crippen LogP contribution in [0.1, 0.15) is 38.3 Å². The molecule has 188 valence electrons. The Bertz CT molecular complexity index is 699. The molecular formula is C25H45IN6O. The van der Waals surface area contributed by atoms with E-state index >= 15 is 0 Å². The summed E-state index contributed by atoms with van der Waals surface area (Å²) in [6, 6.07) is 9.37. The molecule has 1 aromatic carbocycles. The van der Waals surface area contributed by atoms with Gasteiger partial charge in [0.25, 0.3) is 0 Å². The van der Waals surface area contributed by atoms with Crippen molar-refractivity contribution in [3.05, 3.63) is 29.8 Å². The van der Waals surface area contributed by atoms with E-state index < -0.39 is 0 Å². The van der Waals surface area contributed by atoms with Gasteiger partial charge in [-0.3, -0.25) is 14.8 Å². The Hall–Kier alpha value is -1.10. The Morgan fingerprint density at radius 1 is 0.939 bits per heavy atom. The number of guanidine groups is 1. The molecule has 0 radical (unpaired) electrons. The number of aliphatic imine (C=N–C) groups is 1. The van der Waals surface area contributed by atoms with Crippen LogP contribution in [0.15, 0.2) is 29.3 Å². The Labute approximate surface area is 218 Å². The molecule has 0 aliphatic carbocycles. The third-order valence-electron chi connectivity index (χ3n) is 7.02. The summed E-state index contributed by atoms with van der Waals surface area (Å²) in [6.07, 6.45) is 2.56. The molecule has 0 aromatic heterocycles. The van der Waals surface area contributed by atoms with Gasteiger partial charge in [-0.2, -0.15) is 0 Å². The summed E-state index contributed by atoms with van der Waals surface area (Å²) in [5.41, 5.74) is 1.33. The molecule has 2 heterocycles. The number of hydrogen-bond acceptors (Lipinski definition) is 5. The minimum atomic E-state index is 0. The van der Waals surface area contributed by atoms with Crippen molar-refractivity contribution in [1.82, 2.24) is 25.3 Å². The van der Waals surface area contributed by atoms with Crippen LogP contribution in [0.4, 0.5) is 0 Å². The summed E-state index contributed by atoms with van der Waals surface area (Å²) in [4.78, 5) is 12.2. The number of likely N-dealkylation sites (tertiary alicyclic amines) is 1. The van der Waals surface area contributed by atoms with Gasteiger partial charge in [0.05, 0.1) is 13.2 Å². The molecule has 3 rings (SSSR count). The summed E-state index contributed by atoms with van der Waals surface area (Å²) in [5.74, 6) is 2.39. The zero-order valence-corrected chi connectivity index (χ0v) is 23.5. The molecule has 33 heavy (non-hydrogen) atoms. The fourth-order valence-electron chi connectivity index (χ4n) is 4.89. The van der Waals surface area contributed by atoms with E-state index in [1.807, 2.05) is 7.05 Å². The normalized spacial score (nSPS) is 20.4. The second-order valence-corrected chi connectivity index (χ2v) is 9.52. The molecular weight excluding hydrogens is 527 g/mol. The number of hydrogen-bond donors (Lipinski definition) is 2. The van der Waals surface area contributed by atoms with Gasteiger partial charge >= 0.3 is 0 Å². The van der Waals surface area contributed by atoms with E-state index in [4.69, 9.17) is 4.74 Å². The number of ether oxygens (including phenoxy) is 1. The number of benzene rings is 1. The molecule has 2 atom stereocenters. The predicted octanol–water partition coefficient (Wildman–Crippen LogP) is 2.89. The minimum Gasteiger partial charge on any atom is -0.497 e. The molecule has 1 aromatic rings. The van der Waals surface area contributed by atoms with Crippen LogP contribution in [0, 0.1) is 5.92 Å². The van der Waals surface area contributed by atoms with E-state index in [-0.39, 0.29) is 24.0 Å². The van der Waals surface area contributed by atoms with Gasteiger partial charge in [-0.1, -0.05) is 26.0 Å². The number of nitrogens with one attached hydrogen (secondary N) is 2. The Balaban J connectivity index is 0.00000385. The van der Waals surface area contributed by atoms with Crippen molar-refractivity contribution in [3.8, 4) is 5.75 Å². The fraction of sp³-hybridized carbons (Fsp3) is 0.720. The lowest BCUT2D eigenvalue weighted by Gasteiger charge is -2.40. The van der Waals surface area contributed by atoms with E-state index in [0.29, 0.717) is 18.0 Å². The highest BCUT2D eigenvalue weighted by Crippen LogP contribution is 2.26. The van der Waals surface area contributed by atoms with Crippen molar-refractivity contribution in [2.45, 2.75) is 38.8 Å². The fourth-order valence-corrected chi connectivity index (χ4v) is 4.89. The monoisotopic (exact) mass is 572 g/mol. The van der Waals surface area contributed by atoms with E-state index in [1.165, 1.54) is 18.4 Å². The number of nitrogens with zero attached hydrogens (tertiary/aromatic N) is 4. The van der Waals surface area contributed by atoms with E-state index in [0.717, 1.165) is 64.1 Å². The molecule has 8 heteroatoms. The highest BCUT2D eigenvalue weighted by molar-refractivity contribution is 14.0. The van der Waals surface area contributed by atoms with E-state index in [2.05, 4.69) is 75.5 Å². The van der Waals surface area contributed by atoms with Gasteiger partial charge in [-0.25, -0.2) is 0 Å². The lowest BCUT2D eigenvalue weighted by Crippen LogP contribution is -2.55. The Kier molecular flexibility index (Phi) is 12.2. The lowest BCUT2D eigenvalue weighted by atomic mass is 10.0. The van der Waals surface area contributed by atoms with Gasteiger partial charge in [0.15, 0.2) is 5.96 Å². The topological polar surface area (TPSA) is 55.4 Å². The van der Waals surface area contributed by atoms with Gasteiger partial charge < -0.3 is 20.3 Å². The minimum absolute atomic E-state index is 0. The Morgan fingerprint density at radius 3 is 2.09 bits per heavy atom. The second-order valence-electron chi connectivity index (χ2n) is 9.52. The summed E-state index contributed by atoms with van der Waals surface area (Å²) < 4.78 is 5.35. The third kappa shape index (κ3) is 8.26. The first-order valence-corrected chi connectivity index (χ1v) is 12.3. The summed E-state index contributed by atoms with van der Waals surface area (Å²) in [7, 11) is 5.80. The van der Waals surface area contributed by atoms with E-state index in [1.54, 1.807) is 7.11 Å². The summed E-state index contributed by atoms with van der Waals surface area (Å²) in [6.45, 7) is 13.3. The highest BCUT2D eigenvalue weighted by atomic mass is 127.